The van der Waals surface area contributed by atoms with Crippen LogP contribution >= 0.6 is 0 Å². The number of carbonyl (C=O) groups excluding carboxylic acids is 1. The van der Waals surface area contributed by atoms with Crippen LogP contribution in [0.3, 0.4) is 0 Å². The number of ether oxygens (including phenoxy) is 2. The number of aromatic amines is 1. The van der Waals surface area contributed by atoms with Gasteiger partial charge < -0.3 is 19.8 Å². The molecule has 144 valence electrons. The van der Waals surface area contributed by atoms with Crippen molar-refractivity contribution in [2.24, 2.45) is 0 Å². The summed E-state index contributed by atoms with van der Waals surface area (Å²) in [4.78, 5) is 27.5. The molecule has 28 heavy (non-hydrogen) atoms. The van der Waals surface area contributed by atoms with E-state index in [1.54, 1.807) is 25.3 Å². The number of benzene rings is 2. The van der Waals surface area contributed by atoms with Crippen molar-refractivity contribution in [1.29, 1.82) is 0 Å². The van der Waals surface area contributed by atoms with Gasteiger partial charge >= 0.3 is 0 Å². The van der Waals surface area contributed by atoms with Crippen molar-refractivity contribution < 1.29 is 14.3 Å². The Hall–Kier alpha value is -3.54. The molecule has 2 aromatic carbocycles. The van der Waals surface area contributed by atoms with Crippen molar-refractivity contribution in [2.75, 3.05) is 13.7 Å². The number of rotatable bonds is 7. The highest BCUT2D eigenvalue weighted by molar-refractivity contribution is 5.94. The van der Waals surface area contributed by atoms with E-state index in [1.165, 1.54) is 6.07 Å². The molecule has 1 heterocycles. The van der Waals surface area contributed by atoms with Crippen LogP contribution < -0.4 is 20.3 Å². The van der Waals surface area contributed by atoms with Gasteiger partial charge in [0, 0.05) is 12.2 Å². The van der Waals surface area contributed by atoms with Crippen molar-refractivity contribution >= 4 is 5.91 Å². The third-order valence-corrected chi connectivity index (χ3v) is 4.22. The van der Waals surface area contributed by atoms with Gasteiger partial charge in [-0.15, -0.1) is 0 Å². The number of carbonyl (C=O) groups is 1. The molecule has 0 aliphatic carbocycles. The summed E-state index contributed by atoms with van der Waals surface area (Å²) in [5, 5.41) is 2.76. The van der Waals surface area contributed by atoms with Gasteiger partial charge in [-0.25, -0.2) is 0 Å². The first-order chi connectivity index (χ1) is 13.6. The molecule has 0 fully saturated rings. The van der Waals surface area contributed by atoms with Gasteiger partial charge in [-0.05, 0) is 42.3 Å². The summed E-state index contributed by atoms with van der Waals surface area (Å²) in [7, 11) is 1.56. The Morgan fingerprint density at radius 3 is 2.50 bits per heavy atom. The van der Waals surface area contributed by atoms with E-state index in [0.717, 1.165) is 11.1 Å². The van der Waals surface area contributed by atoms with Crippen LogP contribution in [0.25, 0.3) is 11.3 Å². The summed E-state index contributed by atoms with van der Waals surface area (Å²) in [6, 6.07) is 18.2. The van der Waals surface area contributed by atoms with Crippen LogP contribution in [0.2, 0.25) is 0 Å². The molecule has 0 spiro atoms. The maximum atomic E-state index is 12.4. The van der Waals surface area contributed by atoms with Gasteiger partial charge in [-0.2, -0.15) is 0 Å². The van der Waals surface area contributed by atoms with Crippen LogP contribution in [-0.2, 0) is 6.54 Å². The molecule has 2 N–H and O–H groups in total. The maximum absolute atomic E-state index is 12.4. The second-order valence-electron chi connectivity index (χ2n) is 6.08. The SMILES string of the molecule is CCOc1ccc(CNC(=O)c2ccc(-c3ccccc3)[nH]c2=O)cc1OC. The highest BCUT2D eigenvalue weighted by Gasteiger charge is 2.12. The Morgan fingerprint density at radius 2 is 1.82 bits per heavy atom. The smallest absolute Gasteiger partial charge is 0.261 e. The molecule has 0 aliphatic rings. The van der Waals surface area contributed by atoms with E-state index in [2.05, 4.69) is 10.3 Å². The monoisotopic (exact) mass is 378 g/mol. The minimum atomic E-state index is -0.436. The molecule has 0 saturated heterocycles. The second kappa shape index (κ2) is 8.90. The topological polar surface area (TPSA) is 80.4 Å². The lowest BCUT2D eigenvalue weighted by Gasteiger charge is -2.11. The molecule has 0 atom stereocenters. The van der Waals surface area contributed by atoms with E-state index in [1.807, 2.05) is 43.3 Å². The highest BCUT2D eigenvalue weighted by Crippen LogP contribution is 2.28. The Labute approximate surface area is 163 Å². The van der Waals surface area contributed by atoms with E-state index in [-0.39, 0.29) is 12.1 Å². The lowest BCUT2D eigenvalue weighted by atomic mass is 10.1. The van der Waals surface area contributed by atoms with Gasteiger partial charge in [0.15, 0.2) is 11.5 Å². The zero-order valence-corrected chi connectivity index (χ0v) is 15.8. The first-order valence-corrected chi connectivity index (χ1v) is 8.99. The van der Waals surface area contributed by atoms with Gasteiger partial charge in [0.1, 0.15) is 5.56 Å². The average molecular weight is 378 g/mol. The fourth-order valence-electron chi connectivity index (χ4n) is 2.81. The largest absolute Gasteiger partial charge is 0.493 e. The number of pyridine rings is 1. The van der Waals surface area contributed by atoms with Crippen LogP contribution in [0.4, 0.5) is 0 Å². The summed E-state index contributed by atoms with van der Waals surface area (Å²) >= 11 is 0. The Morgan fingerprint density at radius 1 is 1.04 bits per heavy atom. The lowest BCUT2D eigenvalue weighted by molar-refractivity contribution is 0.0949. The average Bonchev–Trinajstić information content (AvgIpc) is 2.73. The van der Waals surface area contributed by atoms with E-state index in [9.17, 15) is 9.59 Å². The quantitative estimate of drug-likeness (QED) is 0.660. The highest BCUT2D eigenvalue weighted by atomic mass is 16.5. The fraction of sp³-hybridized carbons (Fsp3) is 0.182. The van der Waals surface area contributed by atoms with Crippen molar-refractivity contribution in [1.82, 2.24) is 10.3 Å². The van der Waals surface area contributed by atoms with Crippen LogP contribution in [0.15, 0.2) is 65.5 Å². The number of hydrogen-bond donors (Lipinski definition) is 2. The summed E-state index contributed by atoms with van der Waals surface area (Å²) in [5.74, 6) is 0.806. The molecular formula is C22H22N2O4. The number of methoxy groups -OCH3 is 1. The van der Waals surface area contributed by atoms with Crippen molar-refractivity contribution in [3.8, 4) is 22.8 Å². The molecule has 0 unspecified atom stereocenters. The summed E-state index contributed by atoms with van der Waals surface area (Å²) < 4.78 is 10.8. The zero-order chi connectivity index (χ0) is 19.9. The normalized spacial score (nSPS) is 10.4. The predicted molar refractivity (Wildman–Crippen MR) is 108 cm³/mol. The number of nitrogens with one attached hydrogen (secondary N) is 2. The minimum absolute atomic E-state index is 0.0672. The van der Waals surface area contributed by atoms with Gasteiger partial charge in [0.25, 0.3) is 11.5 Å². The van der Waals surface area contributed by atoms with E-state index >= 15 is 0 Å². The van der Waals surface area contributed by atoms with Crippen molar-refractivity contribution in [2.45, 2.75) is 13.5 Å². The van der Waals surface area contributed by atoms with Gasteiger partial charge in [0.05, 0.1) is 13.7 Å². The van der Waals surface area contributed by atoms with E-state index < -0.39 is 11.5 Å². The second-order valence-corrected chi connectivity index (χ2v) is 6.08. The molecule has 6 heteroatoms. The zero-order valence-electron chi connectivity index (χ0n) is 15.8. The van der Waals surface area contributed by atoms with Gasteiger partial charge in [-0.1, -0.05) is 36.4 Å². The molecular weight excluding hydrogens is 356 g/mol. The number of H-pyrrole nitrogens is 1. The minimum Gasteiger partial charge on any atom is -0.493 e. The molecule has 0 radical (unpaired) electrons. The molecule has 1 aromatic heterocycles. The molecule has 0 saturated carbocycles. The van der Waals surface area contributed by atoms with Gasteiger partial charge in [0.2, 0.25) is 0 Å². The first-order valence-electron chi connectivity index (χ1n) is 8.99. The Kier molecular flexibility index (Phi) is 6.11. The van der Waals surface area contributed by atoms with E-state index in [0.29, 0.717) is 23.8 Å². The number of aromatic nitrogens is 1. The summed E-state index contributed by atoms with van der Waals surface area (Å²) in [6.07, 6.45) is 0. The fourth-order valence-corrected chi connectivity index (χ4v) is 2.81. The predicted octanol–water partition coefficient (Wildman–Crippen LogP) is 3.38. The van der Waals surface area contributed by atoms with Crippen LogP contribution in [0.1, 0.15) is 22.8 Å². The molecule has 1 amide bonds. The third-order valence-electron chi connectivity index (χ3n) is 4.22. The van der Waals surface area contributed by atoms with Crippen molar-refractivity contribution in [3.63, 3.8) is 0 Å². The number of hydrogen-bond acceptors (Lipinski definition) is 4. The molecule has 3 rings (SSSR count). The van der Waals surface area contributed by atoms with E-state index in [4.69, 9.17) is 9.47 Å². The van der Waals surface area contributed by atoms with Crippen LogP contribution in [0, 0.1) is 0 Å². The first kappa shape index (κ1) is 19.2. The lowest BCUT2D eigenvalue weighted by Crippen LogP contribution is -2.29. The Bertz CT molecular complexity index is 1010. The third kappa shape index (κ3) is 4.40. The summed E-state index contributed by atoms with van der Waals surface area (Å²) in [6.45, 7) is 2.70. The van der Waals surface area contributed by atoms with Crippen molar-refractivity contribution in [3.05, 3.63) is 82.1 Å². The maximum Gasteiger partial charge on any atom is 0.261 e. The molecule has 0 bridgehead atoms. The molecule has 6 nitrogen and oxygen atoms in total. The molecule has 3 aromatic rings. The molecule has 0 aliphatic heterocycles. The van der Waals surface area contributed by atoms with Crippen LogP contribution in [0.5, 0.6) is 11.5 Å². The van der Waals surface area contributed by atoms with Gasteiger partial charge in [-0.3, -0.25) is 9.59 Å². The van der Waals surface area contributed by atoms with Crippen LogP contribution in [-0.4, -0.2) is 24.6 Å². The Balaban J connectivity index is 1.71. The summed E-state index contributed by atoms with van der Waals surface area (Å²) in [5.41, 5.74) is 2.03. The standard InChI is InChI=1S/C22H22N2O4/c1-3-28-19-12-9-15(13-20(19)27-2)14-23-21(25)17-10-11-18(24-22(17)26)16-7-5-4-6-8-16/h4-13H,3,14H2,1-2H3,(H,23,25)(H,24,26). The number of amides is 1.